The number of halogens is 1. The molecule has 0 aliphatic heterocycles. The summed E-state index contributed by atoms with van der Waals surface area (Å²) in [7, 11) is 1.81. The quantitative estimate of drug-likeness (QED) is 0.889. The van der Waals surface area contributed by atoms with Gasteiger partial charge in [-0.2, -0.15) is 5.10 Å². The molecule has 94 valence electrons. The standard InChI is InChI=1S/C12H13ClN4O/c1-17-7-6-11(16-17)14-8-12(18)15-10-5-3-2-4-9(10)13/h2-7H,8H2,1H3,(H,14,16)(H,15,18). The number of aryl methyl sites for hydroxylation is 1. The third-order valence-electron chi connectivity index (χ3n) is 2.29. The van der Waals surface area contributed by atoms with Crippen LogP contribution in [0, 0.1) is 0 Å². The van der Waals surface area contributed by atoms with Crippen LogP contribution in [0.2, 0.25) is 5.02 Å². The van der Waals surface area contributed by atoms with Crippen LogP contribution < -0.4 is 10.6 Å². The van der Waals surface area contributed by atoms with E-state index in [4.69, 9.17) is 11.6 Å². The molecule has 0 bridgehead atoms. The summed E-state index contributed by atoms with van der Waals surface area (Å²) in [5.41, 5.74) is 0.604. The predicted molar refractivity (Wildman–Crippen MR) is 71.8 cm³/mol. The lowest BCUT2D eigenvalue weighted by Gasteiger charge is -2.07. The summed E-state index contributed by atoms with van der Waals surface area (Å²) < 4.78 is 1.66. The Bertz CT molecular complexity index is 553. The number of carbonyl (C=O) groups is 1. The fourth-order valence-corrected chi connectivity index (χ4v) is 1.62. The van der Waals surface area contributed by atoms with Gasteiger partial charge in [0.1, 0.15) is 5.82 Å². The van der Waals surface area contributed by atoms with Gasteiger partial charge in [-0.1, -0.05) is 23.7 Å². The summed E-state index contributed by atoms with van der Waals surface area (Å²) in [5, 5.41) is 10.3. The Morgan fingerprint density at radius 1 is 1.39 bits per heavy atom. The molecule has 0 atom stereocenters. The average molecular weight is 265 g/mol. The van der Waals surface area contributed by atoms with E-state index in [0.717, 1.165) is 0 Å². The second-order valence-corrected chi connectivity index (χ2v) is 4.16. The third kappa shape index (κ3) is 3.24. The summed E-state index contributed by atoms with van der Waals surface area (Å²) in [5.74, 6) is 0.487. The van der Waals surface area contributed by atoms with E-state index >= 15 is 0 Å². The predicted octanol–water partition coefficient (Wildman–Crippen LogP) is 2.12. The van der Waals surface area contributed by atoms with Gasteiger partial charge in [-0.05, 0) is 12.1 Å². The zero-order valence-electron chi connectivity index (χ0n) is 9.85. The molecule has 1 amide bonds. The maximum atomic E-state index is 11.7. The first-order valence-electron chi connectivity index (χ1n) is 5.43. The third-order valence-corrected chi connectivity index (χ3v) is 2.62. The topological polar surface area (TPSA) is 59.0 Å². The van der Waals surface area contributed by atoms with E-state index in [2.05, 4.69) is 15.7 Å². The first-order chi connectivity index (χ1) is 8.65. The normalized spacial score (nSPS) is 10.1. The smallest absolute Gasteiger partial charge is 0.243 e. The number of hydrogen-bond acceptors (Lipinski definition) is 3. The second-order valence-electron chi connectivity index (χ2n) is 3.76. The van der Waals surface area contributed by atoms with Crippen LogP contribution in [0.1, 0.15) is 0 Å². The number of nitrogens with zero attached hydrogens (tertiary/aromatic N) is 2. The minimum absolute atomic E-state index is 0.141. The second kappa shape index (κ2) is 5.55. The van der Waals surface area contributed by atoms with Crippen LogP contribution in [0.3, 0.4) is 0 Å². The van der Waals surface area contributed by atoms with Gasteiger partial charge >= 0.3 is 0 Å². The number of benzene rings is 1. The molecule has 0 radical (unpaired) electrons. The van der Waals surface area contributed by atoms with E-state index < -0.39 is 0 Å². The van der Waals surface area contributed by atoms with Crippen molar-refractivity contribution in [3.8, 4) is 0 Å². The first kappa shape index (κ1) is 12.4. The molecule has 6 heteroatoms. The van der Waals surface area contributed by atoms with Crippen molar-refractivity contribution in [3.05, 3.63) is 41.6 Å². The van der Waals surface area contributed by atoms with Crippen molar-refractivity contribution >= 4 is 29.0 Å². The number of aromatic nitrogens is 2. The van der Waals surface area contributed by atoms with Crippen LogP contribution in [0.5, 0.6) is 0 Å². The first-order valence-corrected chi connectivity index (χ1v) is 5.81. The molecule has 0 aliphatic rings. The molecular formula is C12H13ClN4O. The molecule has 0 saturated carbocycles. The van der Waals surface area contributed by atoms with Crippen molar-refractivity contribution in [2.45, 2.75) is 0 Å². The van der Waals surface area contributed by atoms with Gasteiger partial charge in [-0.15, -0.1) is 0 Å². The number of para-hydroxylation sites is 1. The van der Waals surface area contributed by atoms with E-state index in [1.54, 1.807) is 29.1 Å². The van der Waals surface area contributed by atoms with Crippen molar-refractivity contribution in [3.63, 3.8) is 0 Å². The van der Waals surface area contributed by atoms with E-state index in [0.29, 0.717) is 16.5 Å². The molecule has 0 unspecified atom stereocenters. The summed E-state index contributed by atoms with van der Waals surface area (Å²) in [6, 6.07) is 8.89. The average Bonchev–Trinajstić information content (AvgIpc) is 2.76. The van der Waals surface area contributed by atoms with Crippen molar-refractivity contribution in [2.75, 3.05) is 17.2 Å². The highest BCUT2D eigenvalue weighted by atomic mass is 35.5. The molecule has 0 aliphatic carbocycles. The minimum Gasteiger partial charge on any atom is -0.360 e. The zero-order chi connectivity index (χ0) is 13.0. The molecule has 0 fully saturated rings. The molecule has 0 spiro atoms. The number of anilines is 2. The SMILES string of the molecule is Cn1ccc(NCC(=O)Nc2ccccc2Cl)n1. The van der Waals surface area contributed by atoms with Gasteiger partial charge in [0.2, 0.25) is 5.91 Å². The monoisotopic (exact) mass is 264 g/mol. The van der Waals surface area contributed by atoms with Crippen LogP contribution in [-0.2, 0) is 11.8 Å². The minimum atomic E-state index is -0.172. The van der Waals surface area contributed by atoms with Crippen LogP contribution in [0.15, 0.2) is 36.5 Å². The van der Waals surface area contributed by atoms with Crippen LogP contribution in [-0.4, -0.2) is 22.2 Å². The number of carbonyl (C=O) groups excluding carboxylic acids is 1. The molecule has 18 heavy (non-hydrogen) atoms. The number of hydrogen-bond donors (Lipinski definition) is 2. The fourth-order valence-electron chi connectivity index (χ4n) is 1.44. The molecular weight excluding hydrogens is 252 g/mol. The molecule has 1 aromatic heterocycles. The highest BCUT2D eigenvalue weighted by molar-refractivity contribution is 6.33. The maximum absolute atomic E-state index is 11.7. The molecule has 2 aromatic rings. The van der Waals surface area contributed by atoms with Crippen molar-refractivity contribution in [2.24, 2.45) is 7.05 Å². The van der Waals surface area contributed by atoms with Gasteiger partial charge in [0.25, 0.3) is 0 Å². The summed E-state index contributed by atoms with van der Waals surface area (Å²) in [6.45, 7) is 0.141. The lowest BCUT2D eigenvalue weighted by Crippen LogP contribution is -2.22. The summed E-state index contributed by atoms with van der Waals surface area (Å²) >= 11 is 5.94. The number of nitrogens with one attached hydrogen (secondary N) is 2. The molecule has 0 saturated heterocycles. The van der Waals surface area contributed by atoms with E-state index in [9.17, 15) is 4.79 Å². The Hall–Kier alpha value is -2.01. The van der Waals surface area contributed by atoms with Crippen molar-refractivity contribution in [1.29, 1.82) is 0 Å². The van der Waals surface area contributed by atoms with Crippen molar-refractivity contribution < 1.29 is 4.79 Å². The molecule has 1 aromatic carbocycles. The Morgan fingerprint density at radius 3 is 2.83 bits per heavy atom. The van der Waals surface area contributed by atoms with Gasteiger partial charge < -0.3 is 10.6 Å². The highest BCUT2D eigenvalue weighted by Crippen LogP contribution is 2.20. The molecule has 2 N–H and O–H groups in total. The Labute approximate surface area is 110 Å². The molecule has 5 nitrogen and oxygen atoms in total. The molecule has 1 heterocycles. The fraction of sp³-hybridized carbons (Fsp3) is 0.167. The summed E-state index contributed by atoms with van der Waals surface area (Å²) in [4.78, 5) is 11.7. The van der Waals surface area contributed by atoms with Gasteiger partial charge in [-0.3, -0.25) is 9.48 Å². The van der Waals surface area contributed by atoms with Crippen LogP contribution in [0.25, 0.3) is 0 Å². The lowest BCUT2D eigenvalue weighted by atomic mass is 10.3. The number of amides is 1. The highest BCUT2D eigenvalue weighted by Gasteiger charge is 2.05. The Kier molecular flexibility index (Phi) is 3.84. The maximum Gasteiger partial charge on any atom is 0.243 e. The number of rotatable bonds is 4. The van der Waals surface area contributed by atoms with Crippen LogP contribution >= 0.6 is 11.6 Å². The van der Waals surface area contributed by atoms with Crippen LogP contribution in [0.4, 0.5) is 11.5 Å². The zero-order valence-corrected chi connectivity index (χ0v) is 10.6. The van der Waals surface area contributed by atoms with E-state index in [-0.39, 0.29) is 12.5 Å². The van der Waals surface area contributed by atoms with Gasteiger partial charge in [0.05, 0.1) is 17.3 Å². The molecule has 2 rings (SSSR count). The van der Waals surface area contributed by atoms with E-state index in [1.165, 1.54) is 0 Å². The van der Waals surface area contributed by atoms with E-state index in [1.807, 2.05) is 19.2 Å². The lowest BCUT2D eigenvalue weighted by molar-refractivity contribution is -0.114. The Morgan fingerprint density at radius 2 is 2.17 bits per heavy atom. The summed E-state index contributed by atoms with van der Waals surface area (Å²) in [6.07, 6.45) is 1.80. The van der Waals surface area contributed by atoms with Gasteiger partial charge in [0.15, 0.2) is 0 Å². The van der Waals surface area contributed by atoms with Crippen molar-refractivity contribution in [1.82, 2.24) is 9.78 Å². The van der Waals surface area contributed by atoms with Gasteiger partial charge in [-0.25, -0.2) is 0 Å². The van der Waals surface area contributed by atoms with Gasteiger partial charge in [0, 0.05) is 19.3 Å². The largest absolute Gasteiger partial charge is 0.360 e. The Balaban J connectivity index is 1.88.